The van der Waals surface area contributed by atoms with E-state index in [1.807, 2.05) is 41.5 Å². The van der Waals surface area contributed by atoms with Crippen LogP contribution in [0.15, 0.2) is 0 Å². The molecule has 0 atom stereocenters. The summed E-state index contributed by atoms with van der Waals surface area (Å²) in [6, 6.07) is 0. The smallest absolute Gasteiger partial charge is 0.0594 e. The highest BCUT2D eigenvalue weighted by Crippen LogP contribution is 2.20. The molecule has 3 heterocycles. The Hall–Kier alpha value is -0.160. The third-order valence-corrected chi connectivity index (χ3v) is 6.32. The van der Waals surface area contributed by atoms with Crippen LogP contribution in [0.2, 0.25) is 0 Å². The summed E-state index contributed by atoms with van der Waals surface area (Å²) in [6.45, 7) is 41.7. The number of likely N-dealkylation sites (tertiary alicyclic amines) is 2. The summed E-state index contributed by atoms with van der Waals surface area (Å²) in [5.41, 5.74) is 1.14. The van der Waals surface area contributed by atoms with Crippen LogP contribution >= 0.6 is 0 Å². The van der Waals surface area contributed by atoms with Crippen molar-refractivity contribution in [3.8, 4) is 0 Å². The van der Waals surface area contributed by atoms with Crippen LogP contribution in [0.1, 0.15) is 158 Å². The lowest BCUT2D eigenvalue weighted by Gasteiger charge is -2.38. The van der Waals surface area contributed by atoms with Gasteiger partial charge in [-0.2, -0.15) is 0 Å². The standard InChI is InChI=1S/C9H19N.C8H17NO.C8H17N.3C2H6.3CH4/c1-9(2,3)10-7-5-4-6-8-10;1-8(2,3)9-4-6-10-7-5-9;1-8(2,3)9-6-4-5-7-9;3*1-2;;;/h4-8H2,1-3H3;4-7H2,1-3H3;4-7H2,1-3H3;3*1-2H3;3*1H4. The second-order valence-corrected chi connectivity index (χ2v) is 11.9. The number of rotatable bonds is 0. The first-order valence-electron chi connectivity index (χ1n) is 15.1. The number of hydrogen-bond acceptors (Lipinski definition) is 4. The lowest BCUT2D eigenvalue weighted by molar-refractivity contribution is -0.00389. The molecule has 0 radical (unpaired) electrons. The summed E-state index contributed by atoms with van der Waals surface area (Å²) in [5, 5.41) is 0. The molecule has 3 rings (SSSR count). The summed E-state index contributed by atoms with van der Waals surface area (Å²) < 4.78 is 5.25. The van der Waals surface area contributed by atoms with Crippen molar-refractivity contribution in [2.75, 3.05) is 52.5 Å². The topological polar surface area (TPSA) is 19.0 Å². The number of morpholine rings is 1. The van der Waals surface area contributed by atoms with Gasteiger partial charge in [-0.1, -0.05) is 70.2 Å². The van der Waals surface area contributed by atoms with Gasteiger partial charge in [0.1, 0.15) is 0 Å². The molecule has 0 saturated carbocycles. The van der Waals surface area contributed by atoms with Gasteiger partial charge in [-0.3, -0.25) is 14.7 Å². The maximum absolute atomic E-state index is 5.25. The molecule has 3 aliphatic rings. The summed E-state index contributed by atoms with van der Waals surface area (Å²) in [5.74, 6) is 0. The highest BCUT2D eigenvalue weighted by Gasteiger charge is 2.24. The molecule has 0 bridgehead atoms. The lowest BCUT2D eigenvalue weighted by Crippen LogP contribution is -2.47. The van der Waals surface area contributed by atoms with Gasteiger partial charge in [-0.05, 0) is 114 Å². The minimum Gasteiger partial charge on any atom is -0.379 e. The van der Waals surface area contributed by atoms with Crippen LogP contribution in [-0.4, -0.2) is 83.8 Å². The molecule has 0 unspecified atom stereocenters. The average Bonchev–Trinajstić information content (AvgIpc) is 3.40. The fourth-order valence-electron chi connectivity index (χ4n) is 4.19. The average molecular weight is 550 g/mol. The monoisotopic (exact) mass is 550 g/mol. The van der Waals surface area contributed by atoms with Gasteiger partial charge in [0.25, 0.3) is 0 Å². The Morgan fingerprint density at radius 1 is 0.368 bits per heavy atom. The van der Waals surface area contributed by atoms with Crippen LogP contribution in [0.5, 0.6) is 0 Å². The molecule has 38 heavy (non-hydrogen) atoms. The second-order valence-electron chi connectivity index (χ2n) is 11.9. The first-order valence-corrected chi connectivity index (χ1v) is 15.1. The van der Waals surface area contributed by atoms with Crippen molar-refractivity contribution in [3.05, 3.63) is 0 Å². The molecule has 4 nitrogen and oxygen atoms in total. The van der Waals surface area contributed by atoms with E-state index >= 15 is 0 Å². The van der Waals surface area contributed by atoms with Gasteiger partial charge in [0.15, 0.2) is 0 Å². The molecular weight excluding hydrogens is 466 g/mol. The molecular formula is C34H83N3O. The molecule has 3 fully saturated rings. The Balaban J connectivity index is -0.0000000886. The summed E-state index contributed by atoms with van der Waals surface area (Å²) in [7, 11) is 0. The number of hydrogen-bond donors (Lipinski definition) is 0. The predicted octanol–water partition coefficient (Wildman–Crippen LogP) is 10.3. The van der Waals surface area contributed by atoms with Crippen molar-refractivity contribution in [1.82, 2.24) is 14.7 Å². The number of ether oxygens (including phenoxy) is 1. The van der Waals surface area contributed by atoms with Gasteiger partial charge >= 0.3 is 0 Å². The van der Waals surface area contributed by atoms with Crippen molar-refractivity contribution >= 4 is 0 Å². The van der Waals surface area contributed by atoms with Crippen LogP contribution in [0.4, 0.5) is 0 Å². The van der Waals surface area contributed by atoms with Crippen molar-refractivity contribution in [2.45, 2.75) is 175 Å². The molecule has 0 N–H and O–H groups in total. The summed E-state index contributed by atoms with van der Waals surface area (Å²) >= 11 is 0. The van der Waals surface area contributed by atoms with E-state index in [2.05, 4.69) is 77.0 Å². The van der Waals surface area contributed by atoms with E-state index in [9.17, 15) is 0 Å². The maximum atomic E-state index is 5.25. The number of nitrogens with zero attached hydrogens (tertiary/aromatic N) is 3. The van der Waals surface area contributed by atoms with E-state index in [1.165, 1.54) is 58.3 Å². The zero-order chi connectivity index (χ0) is 28.1. The minimum atomic E-state index is 0. The molecule has 0 spiro atoms. The molecule has 0 aromatic heterocycles. The highest BCUT2D eigenvalue weighted by atomic mass is 16.5. The van der Waals surface area contributed by atoms with Gasteiger partial charge in [-0.15, -0.1) is 0 Å². The van der Waals surface area contributed by atoms with Crippen molar-refractivity contribution < 1.29 is 4.74 Å². The van der Waals surface area contributed by atoms with Crippen LogP contribution in [0, 0.1) is 0 Å². The Labute approximate surface area is 246 Å². The first-order chi connectivity index (χ1) is 16.3. The third-order valence-electron chi connectivity index (χ3n) is 6.32. The molecule has 240 valence electrons. The first kappa shape index (κ1) is 50.7. The fraction of sp³-hybridized carbons (Fsp3) is 1.00. The number of piperidine rings is 1. The van der Waals surface area contributed by atoms with Crippen molar-refractivity contribution in [3.63, 3.8) is 0 Å². The van der Waals surface area contributed by atoms with Crippen LogP contribution in [0.25, 0.3) is 0 Å². The van der Waals surface area contributed by atoms with E-state index in [4.69, 9.17) is 4.74 Å². The minimum absolute atomic E-state index is 0. The largest absolute Gasteiger partial charge is 0.379 e. The second kappa shape index (κ2) is 28.4. The summed E-state index contributed by atoms with van der Waals surface area (Å²) in [4.78, 5) is 7.58. The molecule has 3 aliphatic heterocycles. The van der Waals surface area contributed by atoms with Crippen LogP contribution in [-0.2, 0) is 4.74 Å². The van der Waals surface area contributed by atoms with Gasteiger partial charge in [0.05, 0.1) is 13.2 Å². The van der Waals surface area contributed by atoms with E-state index < -0.39 is 0 Å². The summed E-state index contributed by atoms with van der Waals surface area (Å²) in [6.07, 6.45) is 7.04. The Morgan fingerprint density at radius 3 is 0.763 bits per heavy atom. The van der Waals surface area contributed by atoms with Crippen molar-refractivity contribution in [2.24, 2.45) is 0 Å². The fourth-order valence-corrected chi connectivity index (χ4v) is 4.19. The van der Waals surface area contributed by atoms with E-state index in [0.29, 0.717) is 16.6 Å². The Bertz CT molecular complexity index is 386. The maximum Gasteiger partial charge on any atom is 0.0594 e. The molecule has 0 aromatic carbocycles. The van der Waals surface area contributed by atoms with Crippen molar-refractivity contribution in [1.29, 1.82) is 0 Å². The SMILES string of the molecule is C.C.C.CC.CC.CC.CC(C)(C)N1CCCC1.CC(C)(C)N1CCCCC1.CC(C)(C)N1CCOCC1. The predicted molar refractivity (Wildman–Crippen MR) is 182 cm³/mol. The van der Waals surface area contributed by atoms with Crippen LogP contribution < -0.4 is 0 Å². The van der Waals surface area contributed by atoms with Gasteiger partial charge in [-0.25, -0.2) is 0 Å². The Morgan fingerprint density at radius 2 is 0.579 bits per heavy atom. The third kappa shape index (κ3) is 26.1. The molecule has 0 aromatic rings. The quantitative estimate of drug-likeness (QED) is 0.299. The molecule has 4 heteroatoms. The van der Waals surface area contributed by atoms with E-state index in [0.717, 1.165) is 26.3 Å². The Kier molecular flexibility index (Phi) is 37.8. The van der Waals surface area contributed by atoms with Crippen LogP contribution in [0.3, 0.4) is 0 Å². The highest BCUT2D eigenvalue weighted by molar-refractivity contribution is 4.80. The van der Waals surface area contributed by atoms with Gasteiger partial charge in [0, 0.05) is 29.7 Å². The zero-order valence-corrected chi connectivity index (χ0v) is 27.4. The van der Waals surface area contributed by atoms with Gasteiger partial charge in [0.2, 0.25) is 0 Å². The molecule has 0 aliphatic carbocycles. The zero-order valence-electron chi connectivity index (χ0n) is 27.4. The van der Waals surface area contributed by atoms with E-state index in [-0.39, 0.29) is 22.3 Å². The van der Waals surface area contributed by atoms with E-state index in [1.54, 1.807) is 0 Å². The normalized spacial score (nSPS) is 18.1. The van der Waals surface area contributed by atoms with Gasteiger partial charge < -0.3 is 4.74 Å². The molecule has 0 amide bonds. The lowest BCUT2D eigenvalue weighted by atomic mass is 10.0. The molecule has 3 saturated heterocycles.